The minimum absolute atomic E-state index is 0.368. The molecule has 1 N–H and O–H groups in total. The molecule has 156 valence electrons. The number of anilines is 2. The largest absolute Gasteiger partial charge is 0.376 e. The van der Waals surface area contributed by atoms with E-state index in [0.29, 0.717) is 6.04 Å². The minimum Gasteiger partial charge on any atom is -0.376 e. The molecule has 1 unspecified atom stereocenters. The summed E-state index contributed by atoms with van der Waals surface area (Å²) in [4.78, 5) is 8.48. The zero-order valence-electron chi connectivity index (χ0n) is 18.1. The summed E-state index contributed by atoms with van der Waals surface area (Å²) < 4.78 is 0. The van der Waals surface area contributed by atoms with E-state index in [4.69, 9.17) is 12.2 Å². The van der Waals surface area contributed by atoms with Crippen molar-refractivity contribution in [3.63, 3.8) is 0 Å². The van der Waals surface area contributed by atoms with Gasteiger partial charge in [-0.15, -0.1) is 0 Å². The quantitative estimate of drug-likeness (QED) is 0.385. The van der Waals surface area contributed by atoms with Gasteiger partial charge < -0.3 is 15.1 Å². The van der Waals surface area contributed by atoms with Gasteiger partial charge in [0.2, 0.25) is 0 Å². The smallest absolute Gasteiger partial charge is 0.106 e. The molecule has 1 aliphatic heterocycles. The lowest BCUT2D eigenvalue weighted by Gasteiger charge is -2.39. The van der Waals surface area contributed by atoms with Crippen molar-refractivity contribution >= 4 is 40.3 Å². The van der Waals surface area contributed by atoms with Crippen LogP contribution in [0.25, 0.3) is 0 Å². The summed E-state index contributed by atoms with van der Waals surface area (Å²) in [5.41, 5.74) is 3.67. The van der Waals surface area contributed by atoms with Crippen LogP contribution in [0.1, 0.15) is 46.1 Å². The van der Waals surface area contributed by atoms with Gasteiger partial charge in [-0.05, 0) is 50.7 Å². The van der Waals surface area contributed by atoms with Gasteiger partial charge in [-0.2, -0.15) is 0 Å². The summed E-state index contributed by atoms with van der Waals surface area (Å²) in [6, 6.07) is 15.8. The molecule has 29 heavy (non-hydrogen) atoms. The van der Waals surface area contributed by atoms with Crippen molar-refractivity contribution in [3.05, 3.63) is 48.0 Å². The lowest BCUT2D eigenvalue weighted by atomic mass is 10.1. The molecule has 0 bridgehead atoms. The minimum atomic E-state index is 0.368. The van der Waals surface area contributed by atoms with Crippen LogP contribution in [0, 0.1) is 0 Å². The number of thiocarbonyl (C=S) groups is 1. The van der Waals surface area contributed by atoms with Gasteiger partial charge in [0, 0.05) is 34.5 Å². The Hall–Kier alpha value is -1.56. The Kier molecular flexibility index (Phi) is 7.99. The zero-order chi connectivity index (χ0) is 20.8. The van der Waals surface area contributed by atoms with Crippen LogP contribution in [0.5, 0.6) is 0 Å². The van der Waals surface area contributed by atoms with Crippen molar-refractivity contribution in [3.8, 4) is 0 Å². The summed E-state index contributed by atoms with van der Waals surface area (Å²) in [6.07, 6.45) is 2.31. The van der Waals surface area contributed by atoms with E-state index in [1.54, 1.807) is 0 Å². The van der Waals surface area contributed by atoms with Crippen LogP contribution in [0.3, 0.4) is 0 Å². The molecule has 2 aromatic carbocycles. The molecule has 0 aromatic heterocycles. The molecule has 5 heteroatoms. The van der Waals surface area contributed by atoms with Crippen LogP contribution in [0.2, 0.25) is 0 Å². The molecule has 0 amide bonds. The maximum absolute atomic E-state index is 5.68. The predicted molar refractivity (Wildman–Crippen MR) is 131 cm³/mol. The summed E-state index contributed by atoms with van der Waals surface area (Å²) >= 11 is 7.54. The maximum Gasteiger partial charge on any atom is 0.106 e. The molecule has 0 aliphatic carbocycles. The molecule has 0 saturated carbocycles. The van der Waals surface area contributed by atoms with Gasteiger partial charge in [0.1, 0.15) is 4.99 Å². The number of rotatable bonds is 9. The van der Waals surface area contributed by atoms with Gasteiger partial charge in [0.15, 0.2) is 0 Å². The van der Waals surface area contributed by atoms with E-state index < -0.39 is 0 Å². The van der Waals surface area contributed by atoms with E-state index in [-0.39, 0.29) is 0 Å². The van der Waals surface area contributed by atoms with Crippen molar-refractivity contribution in [2.24, 2.45) is 0 Å². The van der Waals surface area contributed by atoms with Crippen molar-refractivity contribution < 1.29 is 0 Å². The fourth-order valence-corrected chi connectivity index (χ4v) is 5.10. The van der Waals surface area contributed by atoms with Gasteiger partial charge in [-0.25, -0.2) is 0 Å². The number of benzene rings is 2. The normalized spacial score (nSPS) is 13.8. The average molecular weight is 428 g/mol. The number of fused-ring (bicyclic) bond motifs is 2. The first-order valence-electron chi connectivity index (χ1n) is 10.8. The van der Waals surface area contributed by atoms with Crippen molar-refractivity contribution in [1.29, 1.82) is 0 Å². The summed E-state index contributed by atoms with van der Waals surface area (Å²) in [5, 5.41) is 3.42. The molecule has 3 nitrogen and oxygen atoms in total. The SMILES string of the molecule is CCCCNC(=S)c1ccc2c(c1)N(C(C)CN(CC)CC)c1ccccc1S2. The van der Waals surface area contributed by atoms with Crippen LogP contribution >= 0.6 is 24.0 Å². The number of hydrogen-bond donors (Lipinski definition) is 1. The third kappa shape index (κ3) is 5.14. The topological polar surface area (TPSA) is 18.5 Å². The second-order valence-electron chi connectivity index (χ2n) is 7.57. The molecular formula is C24H33N3S2. The second kappa shape index (κ2) is 10.5. The van der Waals surface area contributed by atoms with E-state index in [9.17, 15) is 0 Å². The Bertz CT molecular complexity index is 833. The monoisotopic (exact) mass is 427 g/mol. The van der Waals surface area contributed by atoms with E-state index in [0.717, 1.165) is 43.2 Å². The molecule has 1 atom stereocenters. The number of likely N-dealkylation sites (N-methyl/N-ethyl adjacent to an activating group) is 1. The van der Waals surface area contributed by atoms with E-state index >= 15 is 0 Å². The van der Waals surface area contributed by atoms with Crippen LogP contribution in [-0.4, -0.2) is 42.1 Å². The zero-order valence-corrected chi connectivity index (χ0v) is 19.7. The third-order valence-electron chi connectivity index (χ3n) is 5.50. The van der Waals surface area contributed by atoms with Crippen molar-refractivity contribution in [1.82, 2.24) is 10.2 Å². The second-order valence-corrected chi connectivity index (χ2v) is 9.06. The van der Waals surface area contributed by atoms with Gasteiger partial charge >= 0.3 is 0 Å². The maximum atomic E-state index is 5.68. The fraction of sp³-hybridized carbons (Fsp3) is 0.458. The summed E-state index contributed by atoms with van der Waals surface area (Å²) in [6.45, 7) is 13.1. The summed E-state index contributed by atoms with van der Waals surface area (Å²) in [5.74, 6) is 0. The number of nitrogens with one attached hydrogen (secondary N) is 1. The fourth-order valence-electron chi connectivity index (χ4n) is 3.82. The van der Waals surface area contributed by atoms with Crippen molar-refractivity contribution in [2.75, 3.05) is 31.1 Å². The Labute approximate surface area is 185 Å². The van der Waals surface area contributed by atoms with Gasteiger partial charge in [0.05, 0.1) is 11.4 Å². The lowest BCUT2D eigenvalue weighted by molar-refractivity contribution is 0.288. The Morgan fingerprint density at radius 2 is 1.79 bits per heavy atom. The number of hydrogen-bond acceptors (Lipinski definition) is 4. The summed E-state index contributed by atoms with van der Waals surface area (Å²) in [7, 11) is 0. The molecular weight excluding hydrogens is 394 g/mol. The molecule has 0 saturated heterocycles. The first-order valence-corrected chi connectivity index (χ1v) is 12.0. The van der Waals surface area contributed by atoms with Crippen LogP contribution < -0.4 is 10.2 Å². The van der Waals surface area contributed by atoms with Crippen LogP contribution in [0.4, 0.5) is 11.4 Å². The highest BCUT2D eigenvalue weighted by atomic mass is 32.2. The van der Waals surface area contributed by atoms with E-state index in [1.165, 1.54) is 27.6 Å². The van der Waals surface area contributed by atoms with Crippen LogP contribution in [0.15, 0.2) is 52.3 Å². The van der Waals surface area contributed by atoms with E-state index in [1.807, 2.05) is 11.8 Å². The number of unbranched alkanes of at least 4 members (excludes halogenated alkanes) is 1. The average Bonchev–Trinajstić information content (AvgIpc) is 2.75. The van der Waals surface area contributed by atoms with Crippen LogP contribution in [-0.2, 0) is 0 Å². The molecule has 0 fully saturated rings. The molecule has 0 radical (unpaired) electrons. The first-order chi connectivity index (χ1) is 14.1. The van der Waals surface area contributed by atoms with Crippen molar-refractivity contribution in [2.45, 2.75) is 56.4 Å². The highest BCUT2D eigenvalue weighted by Gasteiger charge is 2.28. The Morgan fingerprint density at radius 1 is 1.07 bits per heavy atom. The standard InChI is InChI=1S/C24H33N3S2/c1-5-8-15-25-24(28)19-13-14-23-21(16-19)27(18(4)17-26(6-2)7-3)20-11-9-10-12-22(20)29-23/h9-14,16,18H,5-8,15,17H2,1-4H3,(H,25,28). The Balaban J connectivity index is 1.95. The molecule has 3 rings (SSSR count). The first kappa shape index (κ1) is 22.1. The van der Waals surface area contributed by atoms with Gasteiger partial charge in [-0.1, -0.05) is 69.4 Å². The molecule has 1 aliphatic rings. The predicted octanol–water partition coefficient (Wildman–Crippen LogP) is 6.08. The van der Waals surface area contributed by atoms with Gasteiger partial charge in [-0.3, -0.25) is 0 Å². The third-order valence-corrected chi connectivity index (χ3v) is 7.01. The number of nitrogens with zero attached hydrogens (tertiary/aromatic N) is 2. The molecule has 1 heterocycles. The number of para-hydroxylation sites is 1. The highest BCUT2D eigenvalue weighted by molar-refractivity contribution is 7.99. The highest BCUT2D eigenvalue weighted by Crippen LogP contribution is 2.49. The van der Waals surface area contributed by atoms with Gasteiger partial charge in [0.25, 0.3) is 0 Å². The molecule has 2 aromatic rings. The molecule has 0 spiro atoms. The van der Waals surface area contributed by atoms with E-state index in [2.05, 4.69) is 85.3 Å². The lowest BCUT2D eigenvalue weighted by Crippen LogP contribution is -2.41. The Morgan fingerprint density at radius 3 is 2.52 bits per heavy atom.